The molecule has 1 fully saturated rings. The molecule has 0 radical (unpaired) electrons. The first-order valence-electron chi connectivity index (χ1n) is 7.36. The zero-order valence-corrected chi connectivity index (χ0v) is 14.0. The van der Waals surface area contributed by atoms with Crippen LogP contribution in [-0.2, 0) is 0 Å². The maximum absolute atomic E-state index is 12.2. The van der Waals surface area contributed by atoms with Crippen molar-refractivity contribution in [1.82, 2.24) is 14.7 Å². The summed E-state index contributed by atoms with van der Waals surface area (Å²) in [6.07, 6.45) is 0. The molecule has 122 valence electrons. The lowest BCUT2D eigenvalue weighted by Gasteiger charge is -2.40. The molecule has 0 aromatic heterocycles. The highest BCUT2D eigenvalue weighted by molar-refractivity contribution is 5.74. The van der Waals surface area contributed by atoms with E-state index in [0.29, 0.717) is 18.0 Å². The molecule has 0 bridgehead atoms. The SMILES string of the molecule is COc1ccc(C2CN(C(=O)N(C)C)CCN2C)cc1OC. The van der Waals surface area contributed by atoms with Crippen LogP contribution in [0.4, 0.5) is 4.79 Å². The van der Waals surface area contributed by atoms with Crippen LogP contribution in [-0.4, -0.2) is 75.7 Å². The Hall–Kier alpha value is -1.95. The van der Waals surface area contributed by atoms with E-state index >= 15 is 0 Å². The number of carbonyl (C=O) groups excluding carboxylic acids is 1. The van der Waals surface area contributed by atoms with Gasteiger partial charge in [-0.25, -0.2) is 4.79 Å². The first-order valence-corrected chi connectivity index (χ1v) is 7.36. The van der Waals surface area contributed by atoms with Gasteiger partial charge >= 0.3 is 6.03 Å². The van der Waals surface area contributed by atoms with Crippen LogP contribution in [0.5, 0.6) is 11.5 Å². The number of rotatable bonds is 3. The van der Waals surface area contributed by atoms with E-state index in [4.69, 9.17) is 9.47 Å². The van der Waals surface area contributed by atoms with Crippen LogP contribution in [0, 0.1) is 0 Å². The molecule has 1 unspecified atom stereocenters. The van der Waals surface area contributed by atoms with E-state index in [1.807, 2.05) is 23.1 Å². The molecule has 1 atom stereocenters. The van der Waals surface area contributed by atoms with Crippen molar-refractivity contribution in [2.24, 2.45) is 0 Å². The lowest BCUT2D eigenvalue weighted by molar-refractivity contribution is 0.0973. The van der Waals surface area contributed by atoms with Crippen molar-refractivity contribution in [3.63, 3.8) is 0 Å². The molecular formula is C16H25N3O3. The Morgan fingerprint density at radius 2 is 1.86 bits per heavy atom. The number of urea groups is 1. The molecule has 1 aliphatic rings. The minimum absolute atomic E-state index is 0.0542. The molecular weight excluding hydrogens is 282 g/mol. The lowest BCUT2D eigenvalue weighted by atomic mass is 10.0. The highest BCUT2D eigenvalue weighted by Gasteiger charge is 2.29. The maximum atomic E-state index is 12.2. The predicted molar refractivity (Wildman–Crippen MR) is 85.6 cm³/mol. The van der Waals surface area contributed by atoms with Gasteiger partial charge in [-0.05, 0) is 24.7 Å². The quantitative estimate of drug-likeness (QED) is 0.852. The van der Waals surface area contributed by atoms with E-state index in [0.717, 1.165) is 18.7 Å². The van der Waals surface area contributed by atoms with Crippen molar-refractivity contribution in [2.75, 3.05) is 55.0 Å². The summed E-state index contributed by atoms with van der Waals surface area (Å²) in [6.45, 7) is 2.26. The molecule has 2 amide bonds. The van der Waals surface area contributed by atoms with Gasteiger partial charge in [0.1, 0.15) is 0 Å². The average molecular weight is 307 g/mol. The van der Waals surface area contributed by atoms with Crippen LogP contribution in [0.1, 0.15) is 11.6 Å². The normalized spacial score (nSPS) is 19.0. The zero-order chi connectivity index (χ0) is 16.3. The summed E-state index contributed by atoms with van der Waals surface area (Å²) >= 11 is 0. The van der Waals surface area contributed by atoms with E-state index in [1.165, 1.54) is 0 Å². The van der Waals surface area contributed by atoms with Crippen molar-refractivity contribution in [3.8, 4) is 11.5 Å². The number of carbonyl (C=O) groups is 1. The molecule has 1 aromatic rings. The van der Waals surface area contributed by atoms with Crippen LogP contribution < -0.4 is 9.47 Å². The molecule has 1 aliphatic heterocycles. The predicted octanol–water partition coefficient (Wildman–Crippen LogP) is 1.67. The Labute approximate surface area is 132 Å². The second kappa shape index (κ2) is 6.87. The zero-order valence-electron chi connectivity index (χ0n) is 14.0. The molecule has 1 saturated heterocycles. The molecule has 0 spiro atoms. The fraction of sp³-hybridized carbons (Fsp3) is 0.562. The molecule has 6 nitrogen and oxygen atoms in total. The minimum Gasteiger partial charge on any atom is -0.493 e. The summed E-state index contributed by atoms with van der Waals surface area (Å²) in [5.41, 5.74) is 1.12. The van der Waals surface area contributed by atoms with Crippen molar-refractivity contribution >= 4 is 6.03 Å². The van der Waals surface area contributed by atoms with E-state index in [1.54, 1.807) is 33.2 Å². The minimum atomic E-state index is 0.0542. The van der Waals surface area contributed by atoms with Crippen molar-refractivity contribution in [3.05, 3.63) is 23.8 Å². The molecule has 6 heteroatoms. The Morgan fingerprint density at radius 1 is 1.18 bits per heavy atom. The summed E-state index contributed by atoms with van der Waals surface area (Å²) in [5, 5.41) is 0. The third-order valence-corrected chi connectivity index (χ3v) is 4.09. The number of hydrogen-bond donors (Lipinski definition) is 0. The van der Waals surface area contributed by atoms with Crippen LogP contribution in [0.15, 0.2) is 18.2 Å². The summed E-state index contributed by atoms with van der Waals surface area (Å²) in [6, 6.07) is 6.14. The smallest absolute Gasteiger partial charge is 0.319 e. The number of amides is 2. The number of benzene rings is 1. The number of hydrogen-bond acceptors (Lipinski definition) is 4. The van der Waals surface area contributed by atoms with Crippen molar-refractivity contribution in [1.29, 1.82) is 0 Å². The monoisotopic (exact) mass is 307 g/mol. The maximum Gasteiger partial charge on any atom is 0.319 e. The highest BCUT2D eigenvalue weighted by atomic mass is 16.5. The summed E-state index contributed by atoms with van der Waals surface area (Å²) in [4.78, 5) is 18.0. The fourth-order valence-electron chi connectivity index (χ4n) is 2.75. The summed E-state index contributed by atoms with van der Waals surface area (Å²) in [5.74, 6) is 1.43. The first-order chi connectivity index (χ1) is 10.5. The molecule has 22 heavy (non-hydrogen) atoms. The van der Waals surface area contributed by atoms with Gasteiger partial charge in [0.05, 0.1) is 20.3 Å². The van der Waals surface area contributed by atoms with Crippen molar-refractivity contribution < 1.29 is 14.3 Å². The van der Waals surface area contributed by atoms with E-state index < -0.39 is 0 Å². The molecule has 1 aromatic carbocycles. The van der Waals surface area contributed by atoms with Gasteiger partial charge < -0.3 is 19.3 Å². The molecule has 2 rings (SSSR count). The standard InChI is InChI=1S/C16H25N3O3/c1-17(2)16(20)19-9-8-18(3)13(11-19)12-6-7-14(21-4)15(10-12)22-5/h6-7,10,13H,8-9,11H2,1-5H3. The van der Waals surface area contributed by atoms with Crippen LogP contribution >= 0.6 is 0 Å². The second-order valence-corrected chi connectivity index (χ2v) is 5.73. The molecule has 1 heterocycles. The van der Waals surface area contributed by atoms with Gasteiger partial charge in [-0.3, -0.25) is 4.90 Å². The number of likely N-dealkylation sites (N-methyl/N-ethyl adjacent to an activating group) is 1. The molecule has 0 N–H and O–H groups in total. The van der Waals surface area contributed by atoms with Gasteiger partial charge in [0.2, 0.25) is 0 Å². The van der Waals surface area contributed by atoms with Gasteiger partial charge in [-0.1, -0.05) is 6.07 Å². The van der Waals surface area contributed by atoms with Gasteiger partial charge in [-0.15, -0.1) is 0 Å². The fourth-order valence-corrected chi connectivity index (χ4v) is 2.75. The van der Waals surface area contributed by atoms with Gasteiger partial charge in [0.25, 0.3) is 0 Å². The Kier molecular flexibility index (Phi) is 5.13. The van der Waals surface area contributed by atoms with Crippen LogP contribution in [0.2, 0.25) is 0 Å². The number of methoxy groups -OCH3 is 2. The second-order valence-electron chi connectivity index (χ2n) is 5.73. The Bertz CT molecular complexity index is 533. The molecule has 0 aliphatic carbocycles. The van der Waals surface area contributed by atoms with E-state index in [9.17, 15) is 4.79 Å². The van der Waals surface area contributed by atoms with Crippen LogP contribution in [0.25, 0.3) is 0 Å². The number of piperazine rings is 1. The summed E-state index contributed by atoms with van der Waals surface area (Å²) < 4.78 is 10.7. The average Bonchev–Trinajstić information content (AvgIpc) is 2.53. The largest absolute Gasteiger partial charge is 0.493 e. The number of nitrogens with zero attached hydrogens (tertiary/aromatic N) is 3. The third-order valence-electron chi connectivity index (χ3n) is 4.09. The van der Waals surface area contributed by atoms with Gasteiger partial charge in [-0.2, -0.15) is 0 Å². The van der Waals surface area contributed by atoms with Crippen molar-refractivity contribution in [2.45, 2.75) is 6.04 Å². The van der Waals surface area contributed by atoms with Gasteiger partial charge in [0, 0.05) is 33.7 Å². The topological polar surface area (TPSA) is 45.2 Å². The summed E-state index contributed by atoms with van der Waals surface area (Å²) in [7, 11) is 8.91. The highest BCUT2D eigenvalue weighted by Crippen LogP contribution is 2.33. The third kappa shape index (κ3) is 3.27. The van der Waals surface area contributed by atoms with E-state index in [2.05, 4.69) is 11.9 Å². The Balaban J connectivity index is 2.24. The van der Waals surface area contributed by atoms with Gasteiger partial charge in [0.15, 0.2) is 11.5 Å². The van der Waals surface area contributed by atoms with Crippen LogP contribution in [0.3, 0.4) is 0 Å². The molecule has 0 saturated carbocycles. The first kappa shape index (κ1) is 16.4. The lowest BCUT2D eigenvalue weighted by Crippen LogP contribution is -2.51. The Morgan fingerprint density at radius 3 is 2.45 bits per heavy atom. The van der Waals surface area contributed by atoms with E-state index in [-0.39, 0.29) is 12.1 Å². The number of ether oxygens (including phenoxy) is 2.